The Hall–Kier alpha value is -1.10. The Bertz CT molecular complexity index is 213. The van der Waals surface area contributed by atoms with Crippen LogP contribution in [0.5, 0.6) is 0 Å². The smallest absolute Gasteiger partial charge is 0.304 e. The molecule has 0 unspecified atom stereocenters. The van der Waals surface area contributed by atoms with Gasteiger partial charge in [0.2, 0.25) is 5.91 Å². The van der Waals surface area contributed by atoms with Gasteiger partial charge in [-0.25, -0.2) is 0 Å². The normalized spacial score (nSPS) is 11.1. The summed E-state index contributed by atoms with van der Waals surface area (Å²) < 4.78 is 4.75. The Morgan fingerprint density at radius 1 is 1.43 bits per heavy atom. The predicted octanol–water partition coefficient (Wildman–Crippen LogP) is 0.250. The molecule has 5 nitrogen and oxygen atoms in total. The van der Waals surface area contributed by atoms with E-state index in [9.17, 15) is 9.59 Å². The second-order valence-electron chi connectivity index (χ2n) is 3.70. The topological polar surface area (TPSA) is 75.6 Å². The number of carboxylic acids is 1. The number of ether oxygens (including phenoxy) is 1. The van der Waals surface area contributed by atoms with Crippen molar-refractivity contribution in [3.8, 4) is 0 Å². The minimum Gasteiger partial charge on any atom is -0.481 e. The highest BCUT2D eigenvalue weighted by atomic mass is 16.5. The average molecular weight is 203 g/mol. The zero-order valence-corrected chi connectivity index (χ0v) is 8.79. The molecule has 0 atom stereocenters. The summed E-state index contributed by atoms with van der Waals surface area (Å²) in [5, 5.41) is 11.2. The van der Waals surface area contributed by atoms with Gasteiger partial charge in [0.1, 0.15) is 0 Å². The van der Waals surface area contributed by atoms with E-state index in [4.69, 9.17) is 9.84 Å². The number of nitrogens with one attached hydrogen (secondary N) is 1. The summed E-state index contributed by atoms with van der Waals surface area (Å²) in [4.78, 5) is 21.9. The number of carbonyl (C=O) groups is 2. The third-order valence-electron chi connectivity index (χ3n) is 1.80. The van der Waals surface area contributed by atoms with E-state index in [0.29, 0.717) is 13.2 Å². The molecule has 0 saturated carbocycles. The monoisotopic (exact) mass is 203 g/mol. The van der Waals surface area contributed by atoms with Crippen LogP contribution in [0.15, 0.2) is 0 Å². The molecule has 14 heavy (non-hydrogen) atoms. The quantitative estimate of drug-likeness (QED) is 0.607. The van der Waals surface area contributed by atoms with Crippen LogP contribution in [0.3, 0.4) is 0 Å². The van der Waals surface area contributed by atoms with E-state index in [1.807, 2.05) is 0 Å². The first kappa shape index (κ1) is 12.9. The van der Waals surface area contributed by atoms with Crippen molar-refractivity contribution in [2.24, 2.45) is 5.41 Å². The van der Waals surface area contributed by atoms with Crippen molar-refractivity contribution in [1.82, 2.24) is 5.32 Å². The maximum Gasteiger partial charge on any atom is 0.304 e. The standard InChI is InChI=1S/C9H17NO4/c1-9(2,6-7(11)12)8(13)10-4-5-14-3/h4-6H2,1-3H3,(H,10,13)(H,11,12). The van der Waals surface area contributed by atoms with Crippen molar-refractivity contribution in [2.45, 2.75) is 20.3 Å². The number of rotatable bonds is 6. The van der Waals surface area contributed by atoms with Crippen molar-refractivity contribution in [1.29, 1.82) is 0 Å². The van der Waals surface area contributed by atoms with Gasteiger partial charge in [-0.05, 0) is 0 Å². The molecule has 1 amide bonds. The van der Waals surface area contributed by atoms with Crippen LogP contribution in [-0.2, 0) is 14.3 Å². The summed E-state index contributed by atoms with van der Waals surface area (Å²) in [5.41, 5.74) is -0.875. The summed E-state index contributed by atoms with van der Waals surface area (Å²) in [6, 6.07) is 0. The van der Waals surface area contributed by atoms with E-state index in [1.165, 1.54) is 7.11 Å². The molecule has 0 saturated heterocycles. The molecule has 0 radical (unpaired) electrons. The van der Waals surface area contributed by atoms with Crippen molar-refractivity contribution in [3.63, 3.8) is 0 Å². The molecule has 0 aliphatic heterocycles. The third-order valence-corrected chi connectivity index (χ3v) is 1.80. The highest BCUT2D eigenvalue weighted by molar-refractivity contribution is 5.86. The lowest BCUT2D eigenvalue weighted by molar-refractivity contribution is -0.144. The molecule has 0 fully saturated rings. The molecule has 0 heterocycles. The Morgan fingerprint density at radius 3 is 2.43 bits per heavy atom. The van der Waals surface area contributed by atoms with Crippen molar-refractivity contribution >= 4 is 11.9 Å². The van der Waals surface area contributed by atoms with Gasteiger partial charge in [0.25, 0.3) is 0 Å². The second-order valence-corrected chi connectivity index (χ2v) is 3.70. The lowest BCUT2D eigenvalue weighted by Crippen LogP contribution is -2.39. The lowest BCUT2D eigenvalue weighted by atomic mass is 9.88. The minimum atomic E-state index is -0.975. The maximum atomic E-state index is 11.4. The van der Waals surface area contributed by atoms with Crippen LogP contribution in [0.25, 0.3) is 0 Å². The summed E-state index contributed by atoms with van der Waals surface area (Å²) >= 11 is 0. The first-order chi connectivity index (χ1) is 6.40. The molecule has 0 bridgehead atoms. The fourth-order valence-electron chi connectivity index (χ4n) is 0.964. The molecule has 0 aromatic heterocycles. The van der Waals surface area contributed by atoms with Gasteiger partial charge >= 0.3 is 5.97 Å². The maximum absolute atomic E-state index is 11.4. The van der Waals surface area contributed by atoms with Gasteiger partial charge in [0.15, 0.2) is 0 Å². The summed E-state index contributed by atoms with van der Waals surface area (Å²) in [6.45, 7) is 4.03. The van der Waals surface area contributed by atoms with Gasteiger partial charge in [0, 0.05) is 13.7 Å². The largest absolute Gasteiger partial charge is 0.481 e. The number of hydrogen-bond donors (Lipinski definition) is 2. The SMILES string of the molecule is COCCNC(=O)C(C)(C)CC(=O)O. The number of aliphatic carboxylic acids is 1. The fraction of sp³-hybridized carbons (Fsp3) is 0.778. The number of amides is 1. The van der Waals surface area contributed by atoms with Gasteiger partial charge < -0.3 is 15.2 Å². The Morgan fingerprint density at radius 2 is 2.00 bits per heavy atom. The third kappa shape index (κ3) is 4.81. The van der Waals surface area contributed by atoms with Crippen LogP contribution in [0.2, 0.25) is 0 Å². The van der Waals surface area contributed by atoms with E-state index in [2.05, 4.69) is 5.32 Å². The van der Waals surface area contributed by atoms with Gasteiger partial charge in [0.05, 0.1) is 18.4 Å². The highest BCUT2D eigenvalue weighted by Crippen LogP contribution is 2.19. The average Bonchev–Trinajstić information content (AvgIpc) is 2.02. The molecule has 0 spiro atoms. The second kappa shape index (κ2) is 5.59. The molecule has 0 aliphatic rings. The van der Waals surface area contributed by atoms with Crippen LogP contribution in [0, 0.1) is 5.41 Å². The van der Waals surface area contributed by atoms with E-state index >= 15 is 0 Å². The van der Waals surface area contributed by atoms with Crippen molar-refractivity contribution < 1.29 is 19.4 Å². The van der Waals surface area contributed by atoms with Gasteiger partial charge in [-0.3, -0.25) is 9.59 Å². The summed E-state index contributed by atoms with van der Waals surface area (Å²) in [6.07, 6.45) is -0.175. The van der Waals surface area contributed by atoms with Crippen LogP contribution in [-0.4, -0.2) is 37.2 Å². The van der Waals surface area contributed by atoms with Crippen molar-refractivity contribution in [2.75, 3.05) is 20.3 Å². The van der Waals surface area contributed by atoms with Crippen LogP contribution in [0.1, 0.15) is 20.3 Å². The predicted molar refractivity (Wildman–Crippen MR) is 50.9 cm³/mol. The van der Waals surface area contributed by atoms with Gasteiger partial charge in [-0.2, -0.15) is 0 Å². The zero-order chi connectivity index (χ0) is 11.2. The molecule has 2 N–H and O–H groups in total. The molecular weight excluding hydrogens is 186 g/mol. The molecule has 82 valence electrons. The Balaban J connectivity index is 4.01. The van der Waals surface area contributed by atoms with Crippen LogP contribution in [0.4, 0.5) is 0 Å². The van der Waals surface area contributed by atoms with E-state index in [-0.39, 0.29) is 12.3 Å². The molecule has 0 rings (SSSR count). The van der Waals surface area contributed by atoms with Crippen LogP contribution < -0.4 is 5.32 Å². The first-order valence-electron chi connectivity index (χ1n) is 4.39. The van der Waals surface area contributed by atoms with Crippen molar-refractivity contribution in [3.05, 3.63) is 0 Å². The van der Waals surface area contributed by atoms with E-state index in [1.54, 1.807) is 13.8 Å². The summed E-state index contributed by atoms with van der Waals surface area (Å²) in [7, 11) is 1.54. The molecule has 0 aromatic carbocycles. The summed E-state index contributed by atoms with van der Waals surface area (Å²) in [5.74, 6) is -1.24. The fourth-order valence-corrected chi connectivity index (χ4v) is 0.964. The molecule has 0 aromatic rings. The molecule has 0 aliphatic carbocycles. The zero-order valence-electron chi connectivity index (χ0n) is 8.79. The van der Waals surface area contributed by atoms with Gasteiger partial charge in [-0.15, -0.1) is 0 Å². The molecular formula is C9H17NO4. The number of methoxy groups -OCH3 is 1. The van der Waals surface area contributed by atoms with E-state index < -0.39 is 11.4 Å². The van der Waals surface area contributed by atoms with Gasteiger partial charge in [-0.1, -0.05) is 13.8 Å². The number of carboxylic acid groups (broad SMARTS) is 1. The Kier molecular flexibility index (Phi) is 5.15. The molecule has 5 heteroatoms. The minimum absolute atomic E-state index is 0.175. The highest BCUT2D eigenvalue weighted by Gasteiger charge is 2.29. The number of hydrogen-bond acceptors (Lipinski definition) is 3. The first-order valence-corrected chi connectivity index (χ1v) is 4.39. The van der Waals surface area contributed by atoms with E-state index in [0.717, 1.165) is 0 Å². The van der Waals surface area contributed by atoms with Crippen LogP contribution >= 0.6 is 0 Å². The Labute approximate surface area is 83.4 Å². The lowest BCUT2D eigenvalue weighted by Gasteiger charge is -2.21. The number of carbonyl (C=O) groups excluding carboxylic acids is 1.